The van der Waals surface area contributed by atoms with Crippen LogP contribution >= 0.6 is 0 Å². The SMILES string of the molecule is O=C(Oc1ccc(OC(=O)C2CC3CCC2C3)cc1)C1CC2C=CC1C2. The molecule has 5 rings (SSSR count). The molecule has 0 aromatic heterocycles. The van der Waals surface area contributed by atoms with E-state index in [0.29, 0.717) is 29.3 Å². The molecule has 4 aliphatic rings. The van der Waals surface area contributed by atoms with E-state index in [1.165, 1.54) is 12.8 Å². The van der Waals surface area contributed by atoms with Crippen molar-refractivity contribution in [1.29, 1.82) is 0 Å². The number of hydrogen-bond donors (Lipinski definition) is 0. The molecule has 3 saturated carbocycles. The molecule has 4 heteroatoms. The standard InChI is InChI=1S/C22H24O4/c23-21(19-11-13-1-3-15(19)9-13)25-17-5-7-18(8-6-17)26-22(24)20-12-14-2-4-16(20)10-14/h1,3,5-8,13-16,19-20H,2,4,9-12H2. The number of carbonyl (C=O) groups is 2. The summed E-state index contributed by atoms with van der Waals surface area (Å²) in [7, 11) is 0. The first-order chi connectivity index (χ1) is 12.7. The van der Waals surface area contributed by atoms with Gasteiger partial charge in [-0.3, -0.25) is 9.59 Å². The van der Waals surface area contributed by atoms with Crippen molar-refractivity contribution in [3.05, 3.63) is 36.4 Å². The van der Waals surface area contributed by atoms with Crippen molar-refractivity contribution in [3.63, 3.8) is 0 Å². The minimum absolute atomic E-state index is 0.0136. The number of hydrogen-bond acceptors (Lipinski definition) is 4. The van der Waals surface area contributed by atoms with Crippen molar-refractivity contribution in [3.8, 4) is 11.5 Å². The smallest absolute Gasteiger partial charge is 0.314 e. The van der Waals surface area contributed by atoms with Crippen molar-refractivity contribution in [1.82, 2.24) is 0 Å². The van der Waals surface area contributed by atoms with E-state index in [2.05, 4.69) is 12.2 Å². The summed E-state index contributed by atoms with van der Waals surface area (Å²) in [6, 6.07) is 6.86. The Morgan fingerprint density at radius 3 is 1.96 bits per heavy atom. The topological polar surface area (TPSA) is 52.6 Å². The number of esters is 2. The Hall–Kier alpha value is -2.10. The van der Waals surface area contributed by atoms with E-state index >= 15 is 0 Å². The van der Waals surface area contributed by atoms with Crippen molar-refractivity contribution < 1.29 is 19.1 Å². The molecule has 1 aromatic rings. The van der Waals surface area contributed by atoms with E-state index in [9.17, 15) is 9.59 Å². The fourth-order valence-corrected chi connectivity index (χ4v) is 5.54. The molecule has 26 heavy (non-hydrogen) atoms. The highest BCUT2D eigenvalue weighted by molar-refractivity contribution is 5.77. The lowest BCUT2D eigenvalue weighted by Gasteiger charge is -2.20. The Morgan fingerprint density at radius 2 is 1.46 bits per heavy atom. The summed E-state index contributed by atoms with van der Waals surface area (Å²) < 4.78 is 11.1. The molecular formula is C22H24O4. The van der Waals surface area contributed by atoms with Gasteiger partial charge < -0.3 is 9.47 Å². The Kier molecular flexibility index (Phi) is 3.87. The van der Waals surface area contributed by atoms with Crippen LogP contribution in [0.3, 0.4) is 0 Å². The zero-order valence-corrected chi connectivity index (χ0v) is 14.8. The number of allylic oxidation sites excluding steroid dienone is 2. The molecule has 1 aromatic carbocycles. The van der Waals surface area contributed by atoms with Gasteiger partial charge in [0.05, 0.1) is 11.8 Å². The van der Waals surface area contributed by atoms with Gasteiger partial charge in [-0.1, -0.05) is 18.6 Å². The molecule has 0 N–H and O–H groups in total. The minimum atomic E-state index is -0.145. The number of ether oxygens (including phenoxy) is 2. The second kappa shape index (κ2) is 6.26. The number of rotatable bonds is 4. The summed E-state index contributed by atoms with van der Waals surface area (Å²) in [5.41, 5.74) is 0. The zero-order chi connectivity index (χ0) is 17.7. The fourth-order valence-electron chi connectivity index (χ4n) is 5.54. The summed E-state index contributed by atoms with van der Waals surface area (Å²) in [6.07, 6.45) is 11.0. The predicted molar refractivity (Wildman–Crippen MR) is 95.5 cm³/mol. The molecule has 4 bridgehead atoms. The molecule has 4 aliphatic carbocycles. The highest BCUT2D eigenvalue weighted by Gasteiger charge is 2.44. The van der Waals surface area contributed by atoms with Crippen LogP contribution < -0.4 is 9.47 Å². The van der Waals surface area contributed by atoms with Crippen LogP contribution in [0.15, 0.2) is 36.4 Å². The highest BCUT2D eigenvalue weighted by atomic mass is 16.5. The van der Waals surface area contributed by atoms with Gasteiger partial charge in [0.1, 0.15) is 11.5 Å². The van der Waals surface area contributed by atoms with Gasteiger partial charge in [0.15, 0.2) is 0 Å². The van der Waals surface area contributed by atoms with E-state index in [1.807, 2.05) is 0 Å². The molecule has 0 heterocycles. The van der Waals surface area contributed by atoms with Crippen LogP contribution in [0.1, 0.15) is 38.5 Å². The maximum absolute atomic E-state index is 12.4. The summed E-state index contributed by atoms with van der Waals surface area (Å²) in [6.45, 7) is 0. The summed E-state index contributed by atoms with van der Waals surface area (Å²) in [5.74, 6) is 2.98. The first-order valence-electron chi connectivity index (χ1n) is 9.87. The Bertz CT molecular complexity index is 750. The van der Waals surface area contributed by atoms with E-state index in [1.54, 1.807) is 24.3 Å². The largest absolute Gasteiger partial charge is 0.426 e. The van der Waals surface area contributed by atoms with Crippen LogP contribution in [0.25, 0.3) is 0 Å². The maximum Gasteiger partial charge on any atom is 0.314 e. The van der Waals surface area contributed by atoms with Crippen LogP contribution in [0, 0.1) is 35.5 Å². The van der Waals surface area contributed by atoms with E-state index in [4.69, 9.17) is 9.47 Å². The number of benzene rings is 1. The minimum Gasteiger partial charge on any atom is -0.426 e. The lowest BCUT2D eigenvalue weighted by Crippen LogP contribution is -2.25. The van der Waals surface area contributed by atoms with Crippen LogP contribution in [-0.4, -0.2) is 11.9 Å². The van der Waals surface area contributed by atoms with Crippen LogP contribution in [0.5, 0.6) is 11.5 Å². The molecule has 4 nitrogen and oxygen atoms in total. The van der Waals surface area contributed by atoms with E-state index in [0.717, 1.165) is 31.6 Å². The van der Waals surface area contributed by atoms with E-state index in [-0.39, 0.29) is 23.8 Å². The van der Waals surface area contributed by atoms with Crippen LogP contribution in [-0.2, 0) is 9.59 Å². The van der Waals surface area contributed by atoms with Gasteiger partial charge in [-0.2, -0.15) is 0 Å². The third-order valence-corrected chi connectivity index (χ3v) is 6.88. The van der Waals surface area contributed by atoms with Crippen molar-refractivity contribution in [2.24, 2.45) is 35.5 Å². The van der Waals surface area contributed by atoms with Crippen molar-refractivity contribution in [2.75, 3.05) is 0 Å². The van der Waals surface area contributed by atoms with Gasteiger partial charge in [-0.25, -0.2) is 0 Å². The summed E-state index contributed by atoms with van der Waals surface area (Å²) in [4.78, 5) is 24.8. The maximum atomic E-state index is 12.4. The summed E-state index contributed by atoms with van der Waals surface area (Å²) >= 11 is 0. The first kappa shape index (κ1) is 16.1. The molecule has 0 saturated heterocycles. The van der Waals surface area contributed by atoms with Crippen molar-refractivity contribution in [2.45, 2.75) is 38.5 Å². The Morgan fingerprint density at radius 1 is 0.769 bits per heavy atom. The van der Waals surface area contributed by atoms with Gasteiger partial charge in [0.25, 0.3) is 0 Å². The molecule has 0 aliphatic heterocycles. The lowest BCUT2D eigenvalue weighted by molar-refractivity contribution is -0.141. The van der Waals surface area contributed by atoms with Gasteiger partial charge in [0, 0.05) is 0 Å². The molecule has 0 spiro atoms. The molecular weight excluding hydrogens is 328 g/mol. The molecule has 0 radical (unpaired) electrons. The van der Waals surface area contributed by atoms with Gasteiger partial charge in [0.2, 0.25) is 0 Å². The second-order valence-corrected chi connectivity index (χ2v) is 8.48. The first-order valence-corrected chi connectivity index (χ1v) is 9.87. The third kappa shape index (κ3) is 2.85. The Labute approximate surface area is 153 Å². The average molecular weight is 352 g/mol. The van der Waals surface area contributed by atoms with E-state index < -0.39 is 0 Å². The van der Waals surface area contributed by atoms with Gasteiger partial charge >= 0.3 is 11.9 Å². The average Bonchev–Trinajstić information content (AvgIpc) is 3.43. The van der Waals surface area contributed by atoms with Gasteiger partial charge in [-0.15, -0.1) is 0 Å². The lowest BCUT2D eigenvalue weighted by atomic mass is 9.89. The van der Waals surface area contributed by atoms with Gasteiger partial charge in [-0.05, 0) is 80.0 Å². The Balaban J connectivity index is 1.17. The second-order valence-electron chi connectivity index (χ2n) is 8.48. The third-order valence-electron chi connectivity index (χ3n) is 6.88. The molecule has 136 valence electrons. The van der Waals surface area contributed by atoms with Crippen molar-refractivity contribution >= 4 is 11.9 Å². The molecule has 6 unspecified atom stereocenters. The summed E-state index contributed by atoms with van der Waals surface area (Å²) in [5, 5.41) is 0. The normalized spacial score (nSPS) is 36.5. The van der Waals surface area contributed by atoms with Crippen LogP contribution in [0.2, 0.25) is 0 Å². The highest BCUT2D eigenvalue weighted by Crippen LogP contribution is 2.48. The number of carbonyl (C=O) groups excluding carboxylic acids is 2. The number of fused-ring (bicyclic) bond motifs is 4. The molecule has 3 fully saturated rings. The fraction of sp³-hybridized carbons (Fsp3) is 0.545. The monoisotopic (exact) mass is 352 g/mol. The predicted octanol–water partition coefficient (Wildman–Crippen LogP) is 4.15. The quantitative estimate of drug-likeness (QED) is 0.464. The van der Waals surface area contributed by atoms with Crippen LogP contribution in [0.4, 0.5) is 0 Å². The molecule has 0 amide bonds. The zero-order valence-electron chi connectivity index (χ0n) is 14.8. The molecule has 6 atom stereocenters.